The van der Waals surface area contributed by atoms with Crippen LogP contribution in [0.15, 0.2) is 0 Å². The Labute approximate surface area is 176 Å². The zero-order valence-corrected chi connectivity index (χ0v) is 18.5. The van der Waals surface area contributed by atoms with E-state index < -0.39 is 41.3 Å². The van der Waals surface area contributed by atoms with Gasteiger partial charge >= 0.3 is 0 Å². The van der Waals surface area contributed by atoms with Crippen molar-refractivity contribution in [2.45, 2.75) is 93.3 Å². The summed E-state index contributed by atoms with van der Waals surface area (Å²) in [6, 6.07) is -0.987. The van der Waals surface area contributed by atoms with Gasteiger partial charge in [0.25, 0.3) is 0 Å². The molecule has 7 nitrogen and oxygen atoms in total. The van der Waals surface area contributed by atoms with Crippen LogP contribution >= 0.6 is 23.4 Å². The number of alkyl halides is 1. The van der Waals surface area contributed by atoms with Crippen LogP contribution in [-0.2, 0) is 9.53 Å². The molecule has 0 aliphatic carbocycles. The van der Waals surface area contributed by atoms with Crippen LogP contribution in [0.1, 0.15) is 46.0 Å². The summed E-state index contributed by atoms with van der Waals surface area (Å²) in [6.45, 7) is 4.71. The molecule has 2 saturated heterocycles. The van der Waals surface area contributed by atoms with Crippen LogP contribution in [0.25, 0.3) is 0 Å². The summed E-state index contributed by atoms with van der Waals surface area (Å²) in [7, 11) is 0. The van der Waals surface area contributed by atoms with Crippen molar-refractivity contribution in [2.24, 2.45) is 5.92 Å². The molecule has 0 radical (unpaired) electrons. The van der Waals surface area contributed by atoms with E-state index in [-0.39, 0.29) is 11.9 Å². The smallest absolute Gasteiger partial charge is 0.237 e. The molecule has 0 aromatic carbocycles. The molecule has 5 unspecified atom stereocenters. The van der Waals surface area contributed by atoms with Crippen LogP contribution in [0, 0.1) is 5.92 Å². The number of carbonyl (C=O) groups is 1. The Hall–Kier alpha value is -0.0900. The first kappa shape index (κ1) is 24.2. The number of carbonyl (C=O) groups excluding carboxylic acids is 1. The van der Waals surface area contributed by atoms with Crippen molar-refractivity contribution < 1.29 is 24.9 Å². The number of aliphatic hydroxyl groups excluding tert-OH is 3. The van der Waals surface area contributed by atoms with Crippen molar-refractivity contribution in [3.63, 3.8) is 0 Å². The van der Waals surface area contributed by atoms with Crippen molar-refractivity contribution in [3.05, 3.63) is 0 Å². The molecule has 1 amide bonds. The maximum Gasteiger partial charge on any atom is 0.237 e. The normalized spacial score (nSPS) is 38.2. The molecule has 164 valence electrons. The molecule has 2 rings (SSSR count). The van der Waals surface area contributed by atoms with Gasteiger partial charge in [-0.2, -0.15) is 0 Å². The average molecular weight is 439 g/mol. The molecule has 0 spiro atoms. The lowest BCUT2D eigenvalue weighted by atomic mass is 9.92. The van der Waals surface area contributed by atoms with Gasteiger partial charge in [0.1, 0.15) is 29.9 Å². The zero-order chi connectivity index (χ0) is 20.8. The fourth-order valence-electron chi connectivity index (χ4n) is 4.00. The third-order valence-electron chi connectivity index (χ3n) is 5.75. The third kappa shape index (κ3) is 5.97. The standard InChI is InChI=1S/C19H35ClN2O5S/c1-4-5-6-7-11-8-12(21-9-11)18(26)22-13(10(2)20)17-15(24)14(23)16(25)19(27-17)28-3/h10-17,19,21,23-25H,4-9H2,1-3H3,(H,22,26)/t10-,11?,12+,13?,14?,15+,16?,17?,19+/m0/s1. The molecule has 2 aliphatic heterocycles. The van der Waals surface area contributed by atoms with Gasteiger partial charge < -0.3 is 30.7 Å². The molecule has 2 fully saturated rings. The molecular weight excluding hydrogens is 404 g/mol. The Morgan fingerprint density at radius 3 is 2.61 bits per heavy atom. The van der Waals surface area contributed by atoms with E-state index in [1.54, 1.807) is 13.2 Å². The number of nitrogens with one attached hydrogen (secondary N) is 2. The van der Waals surface area contributed by atoms with Crippen molar-refractivity contribution in [3.8, 4) is 0 Å². The van der Waals surface area contributed by atoms with Gasteiger partial charge in [-0.05, 0) is 38.5 Å². The van der Waals surface area contributed by atoms with E-state index in [1.165, 1.54) is 31.0 Å². The SMILES string of the molecule is CCCCCC1CN[C@@H](C(=O)NC(C2O[C@H](SC)C(O)C(O)[C@H]2O)[C@H](C)Cl)C1. The zero-order valence-electron chi connectivity index (χ0n) is 16.9. The largest absolute Gasteiger partial charge is 0.388 e. The highest BCUT2D eigenvalue weighted by atomic mass is 35.5. The number of hydrogen-bond donors (Lipinski definition) is 5. The highest BCUT2D eigenvalue weighted by Gasteiger charge is 2.48. The van der Waals surface area contributed by atoms with Crippen molar-refractivity contribution >= 4 is 29.3 Å². The molecule has 5 N–H and O–H groups in total. The van der Waals surface area contributed by atoms with Crippen LogP contribution in [0.5, 0.6) is 0 Å². The summed E-state index contributed by atoms with van der Waals surface area (Å²) in [5.41, 5.74) is -0.703. The van der Waals surface area contributed by atoms with Crippen LogP contribution in [0.2, 0.25) is 0 Å². The Kier molecular flexibility index (Phi) is 9.80. The van der Waals surface area contributed by atoms with Gasteiger partial charge in [0, 0.05) is 0 Å². The first-order valence-electron chi connectivity index (χ1n) is 10.2. The number of hydrogen-bond acceptors (Lipinski definition) is 7. The Morgan fingerprint density at radius 2 is 2.00 bits per heavy atom. The second-order valence-corrected chi connectivity index (χ2v) is 9.57. The molecule has 0 aromatic heterocycles. The maximum absolute atomic E-state index is 12.8. The topological polar surface area (TPSA) is 111 Å². The van der Waals surface area contributed by atoms with Crippen molar-refractivity contribution in [1.29, 1.82) is 0 Å². The number of amides is 1. The highest BCUT2D eigenvalue weighted by Crippen LogP contribution is 2.30. The monoisotopic (exact) mass is 438 g/mol. The molecular formula is C19H35ClN2O5S. The third-order valence-corrected chi connectivity index (χ3v) is 6.88. The van der Waals surface area contributed by atoms with Gasteiger partial charge in [0.2, 0.25) is 5.91 Å². The fourth-order valence-corrected chi connectivity index (χ4v) is 4.89. The molecule has 0 saturated carbocycles. The Balaban J connectivity index is 1.98. The van der Waals surface area contributed by atoms with E-state index in [1.807, 2.05) is 0 Å². The quantitative estimate of drug-likeness (QED) is 0.268. The van der Waals surface area contributed by atoms with E-state index in [2.05, 4.69) is 17.6 Å². The van der Waals surface area contributed by atoms with Crippen LogP contribution in [0.3, 0.4) is 0 Å². The lowest BCUT2D eigenvalue weighted by Gasteiger charge is -2.44. The molecule has 9 atom stereocenters. The fraction of sp³-hybridized carbons (Fsp3) is 0.947. The second kappa shape index (κ2) is 11.3. The number of halogens is 1. The Bertz CT molecular complexity index is 499. The second-order valence-electron chi connectivity index (χ2n) is 7.95. The van der Waals surface area contributed by atoms with Crippen LogP contribution in [-0.4, -0.2) is 81.3 Å². The van der Waals surface area contributed by atoms with E-state index in [9.17, 15) is 20.1 Å². The van der Waals surface area contributed by atoms with Crippen LogP contribution < -0.4 is 10.6 Å². The first-order chi connectivity index (χ1) is 13.3. The molecule has 0 aromatic rings. The number of rotatable bonds is 9. The summed E-state index contributed by atoms with van der Waals surface area (Å²) in [6.07, 6.45) is 2.39. The van der Waals surface area contributed by atoms with Gasteiger partial charge in [-0.25, -0.2) is 0 Å². The lowest BCUT2D eigenvalue weighted by Crippen LogP contribution is -2.65. The minimum atomic E-state index is -1.36. The predicted molar refractivity (Wildman–Crippen MR) is 111 cm³/mol. The van der Waals surface area contributed by atoms with Crippen molar-refractivity contribution in [1.82, 2.24) is 10.6 Å². The summed E-state index contributed by atoms with van der Waals surface area (Å²) in [5.74, 6) is 0.316. The summed E-state index contributed by atoms with van der Waals surface area (Å²) in [5, 5.41) is 36.3. The van der Waals surface area contributed by atoms with Gasteiger partial charge in [0.15, 0.2) is 0 Å². The van der Waals surface area contributed by atoms with Gasteiger partial charge in [-0.1, -0.05) is 26.2 Å². The van der Waals surface area contributed by atoms with Gasteiger partial charge in [-0.15, -0.1) is 23.4 Å². The highest BCUT2D eigenvalue weighted by molar-refractivity contribution is 7.99. The molecule has 2 heterocycles. The molecule has 28 heavy (non-hydrogen) atoms. The maximum atomic E-state index is 12.8. The summed E-state index contributed by atoms with van der Waals surface area (Å²) >= 11 is 7.54. The first-order valence-corrected chi connectivity index (χ1v) is 11.9. The number of unbranched alkanes of at least 4 members (excludes halogenated alkanes) is 2. The van der Waals surface area contributed by atoms with E-state index in [0.29, 0.717) is 5.92 Å². The molecule has 0 bridgehead atoms. The number of ether oxygens (including phenoxy) is 1. The molecule has 2 aliphatic rings. The van der Waals surface area contributed by atoms with E-state index in [4.69, 9.17) is 16.3 Å². The van der Waals surface area contributed by atoms with E-state index >= 15 is 0 Å². The molecule has 9 heteroatoms. The van der Waals surface area contributed by atoms with E-state index in [0.717, 1.165) is 19.4 Å². The van der Waals surface area contributed by atoms with Crippen LogP contribution in [0.4, 0.5) is 0 Å². The Morgan fingerprint density at radius 1 is 1.29 bits per heavy atom. The summed E-state index contributed by atoms with van der Waals surface area (Å²) < 4.78 is 5.79. The predicted octanol–water partition coefficient (Wildman–Crippen LogP) is 0.828. The minimum Gasteiger partial charge on any atom is -0.388 e. The number of thioether (sulfide) groups is 1. The average Bonchev–Trinajstić information content (AvgIpc) is 3.14. The number of aliphatic hydroxyl groups is 3. The van der Waals surface area contributed by atoms with Gasteiger partial charge in [0.05, 0.1) is 17.5 Å². The lowest BCUT2D eigenvalue weighted by molar-refractivity contribution is -0.205. The summed E-state index contributed by atoms with van der Waals surface area (Å²) in [4.78, 5) is 12.8. The van der Waals surface area contributed by atoms with Crippen molar-refractivity contribution in [2.75, 3.05) is 12.8 Å². The minimum absolute atomic E-state index is 0.174. The van der Waals surface area contributed by atoms with Gasteiger partial charge in [-0.3, -0.25) is 4.79 Å².